The van der Waals surface area contributed by atoms with E-state index in [-0.39, 0.29) is 0 Å². The van der Waals surface area contributed by atoms with Crippen molar-refractivity contribution < 1.29 is 0 Å². The minimum absolute atomic E-state index is 0.744. The second-order valence-electron chi connectivity index (χ2n) is 7.68. The molecule has 24 heavy (non-hydrogen) atoms. The maximum atomic E-state index is 9.51. The lowest BCUT2D eigenvalue weighted by Crippen LogP contribution is -2.55. The van der Waals surface area contributed by atoms with Gasteiger partial charge in [0.2, 0.25) is 0 Å². The Kier molecular flexibility index (Phi) is 4.19. The highest BCUT2D eigenvalue weighted by Crippen LogP contribution is 2.31. The molecule has 0 saturated carbocycles. The zero-order chi connectivity index (χ0) is 16.7. The summed E-state index contributed by atoms with van der Waals surface area (Å²) >= 11 is 0. The number of rotatable bonds is 2. The van der Waals surface area contributed by atoms with Crippen molar-refractivity contribution in [3.05, 3.63) is 22.9 Å². The van der Waals surface area contributed by atoms with Crippen LogP contribution < -0.4 is 10.2 Å². The average Bonchev–Trinajstić information content (AvgIpc) is 2.92. The normalized spacial score (nSPS) is 30.4. The van der Waals surface area contributed by atoms with Crippen LogP contribution in [0.15, 0.2) is 6.07 Å². The van der Waals surface area contributed by atoms with E-state index in [0.717, 1.165) is 66.9 Å². The van der Waals surface area contributed by atoms with Crippen LogP contribution in [0.2, 0.25) is 0 Å². The van der Waals surface area contributed by atoms with Crippen molar-refractivity contribution in [2.75, 3.05) is 31.1 Å². The number of nitrogens with zero attached hydrogens (tertiary/aromatic N) is 4. The molecule has 3 aliphatic rings. The van der Waals surface area contributed by atoms with Crippen LogP contribution in [-0.4, -0.2) is 54.2 Å². The van der Waals surface area contributed by atoms with E-state index in [2.05, 4.69) is 26.2 Å². The Morgan fingerprint density at radius 1 is 1.12 bits per heavy atom. The molecule has 4 rings (SSSR count). The van der Waals surface area contributed by atoms with Crippen LogP contribution in [0.5, 0.6) is 0 Å². The van der Waals surface area contributed by atoms with Crippen LogP contribution in [0.1, 0.15) is 42.5 Å². The predicted molar refractivity (Wildman–Crippen MR) is 95.2 cm³/mol. The van der Waals surface area contributed by atoms with Gasteiger partial charge in [0.25, 0.3) is 0 Å². The monoisotopic (exact) mass is 325 g/mol. The van der Waals surface area contributed by atoms with E-state index >= 15 is 0 Å². The van der Waals surface area contributed by atoms with Crippen molar-refractivity contribution in [1.29, 1.82) is 5.26 Å². The number of hydrogen-bond donors (Lipinski definition) is 1. The van der Waals surface area contributed by atoms with E-state index in [1.54, 1.807) is 0 Å². The summed E-state index contributed by atoms with van der Waals surface area (Å²) in [5.74, 6) is 0.889. The lowest BCUT2D eigenvalue weighted by molar-refractivity contribution is 0.134. The Morgan fingerprint density at radius 3 is 2.42 bits per heavy atom. The summed E-state index contributed by atoms with van der Waals surface area (Å²) in [7, 11) is 0. The number of anilines is 1. The number of aryl methyl sites for hydroxylation is 2. The fourth-order valence-corrected chi connectivity index (χ4v) is 4.81. The molecule has 5 heteroatoms. The Balaban J connectivity index is 1.44. The highest BCUT2D eigenvalue weighted by molar-refractivity contribution is 5.58. The number of aromatic nitrogens is 1. The molecule has 1 aromatic rings. The van der Waals surface area contributed by atoms with E-state index in [9.17, 15) is 5.26 Å². The van der Waals surface area contributed by atoms with Gasteiger partial charge in [-0.3, -0.25) is 4.90 Å². The van der Waals surface area contributed by atoms with Crippen LogP contribution in [-0.2, 0) is 0 Å². The van der Waals surface area contributed by atoms with E-state index < -0.39 is 0 Å². The smallest absolute Gasteiger partial charge is 0.147 e. The van der Waals surface area contributed by atoms with Gasteiger partial charge in [0.15, 0.2) is 0 Å². The first kappa shape index (κ1) is 15.9. The van der Waals surface area contributed by atoms with Crippen LogP contribution in [0.25, 0.3) is 0 Å². The third-order valence-corrected chi connectivity index (χ3v) is 6.02. The van der Waals surface area contributed by atoms with Gasteiger partial charge in [-0.15, -0.1) is 0 Å². The molecule has 3 saturated heterocycles. The van der Waals surface area contributed by atoms with Crippen molar-refractivity contribution in [1.82, 2.24) is 15.2 Å². The Hall–Kier alpha value is -1.64. The van der Waals surface area contributed by atoms with Crippen LogP contribution >= 0.6 is 0 Å². The molecule has 3 fully saturated rings. The molecule has 3 aliphatic heterocycles. The lowest BCUT2D eigenvalue weighted by atomic mass is 9.97. The van der Waals surface area contributed by atoms with Gasteiger partial charge in [0, 0.05) is 50.0 Å². The van der Waals surface area contributed by atoms with Crippen molar-refractivity contribution in [3.63, 3.8) is 0 Å². The van der Waals surface area contributed by atoms with Gasteiger partial charge in [0.1, 0.15) is 11.9 Å². The summed E-state index contributed by atoms with van der Waals surface area (Å²) in [6.45, 7) is 8.15. The van der Waals surface area contributed by atoms with Crippen molar-refractivity contribution in [2.45, 2.75) is 57.7 Å². The number of piperazine rings is 1. The van der Waals surface area contributed by atoms with Crippen molar-refractivity contribution in [3.8, 4) is 6.07 Å². The molecule has 128 valence electrons. The molecular weight excluding hydrogens is 298 g/mol. The zero-order valence-corrected chi connectivity index (χ0v) is 14.8. The highest BCUT2D eigenvalue weighted by Gasteiger charge is 2.37. The quantitative estimate of drug-likeness (QED) is 0.901. The predicted octanol–water partition coefficient (Wildman–Crippen LogP) is 1.98. The summed E-state index contributed by atoms with van der Waals surface area (Å²) in [5, 5.41) is 13.2. The molecule has 4 heterocycles. The van der Waals surface area contributed by atoms with Gasteiger partial charge >= 0.3 is 0 Å². The van der Waals surface area contributed by atoms with Crippen molar-refractivity contribution >= 4 is 5.82 Å². The largest absolute Gasteiger partial charge is 0.353 e. The maximum Gasteiger partial charge on any atom is 0.147 e. The number of nitrogens with one attached hydrogen (secondary N) is 1. The zero-order valence-electron chi connectivity index (χ0n) is 14.8. The summed E-state index contributed by atoms with van der Waals surface area (Å²) in [4.78, 5) is 9.66. The molecule has 0 radical (unpaired) electrons. The molecule has 2 atom stereocenters. The first-order valence-corrected chi connectivity index (χ1v) is 9.27. The second kappa shape index (κ2) is 6.34. The molecule has 1 aromatic heterocycles. The molecule has 2 bridgehead atoms. The Labute approximate surface area is 144 Å². The molecule has 2 unspecified atom stereocenters. The number of piperidine rings is 1. The van der Waals surface area contributed by atoms with Crippen LogP contribution in [0, 0.1) is 25.2 Å². The van der Waals surface area contributed by atoms with E-state index in [0.29, 0.717) is 0 Å². The molecule has 1 N–H and O–H groups in total. The molecule has 0 aliphatic carbocycles. The van der Waals surface area contributed by atoms with Crippen LogP contribution in [0.3, 0.4) is 0 Å². The van der Waals surface area contributed by atoms with E-state index in [1.165, 1.54) is 25.7 Å². The third kappa shape index (κ3) is 2.89. The topological polar surface area (TPSA) is 55.2 Å². The van der Waals surface area contributed by atoms with Crippen molar-refractivity contribution in [2.24, 2.45) is 0 Å². The Morgan fingerprint density at radius 2 is 1.79 bits per heavy atom. The Bertz CT molecular complexity index is 644. The number of nitriles is 1. The van der Waals surface area contributed by atoms with E-state index in [4.69, 9.17) is 0 Å². The standard InChI is InChI=1S/C19H27N5/c1-13-9-14(2)21-19(18(13)12-20)24-7-5-23(6-8-24)17-10-15-3-4-16(11-17)22-15/h9,15-17,22H,3-8,10-11H2,1-2H3. The highest BCUT2D eigenvalue weighted by atomic mass is 15.3. The third-order valence-electron chi connectivity index (χ3n) is 6.02. The number of pyridine rings is 1. The first-order valence-electron chi connectivity index (χ1n) is 9.27. The maximum absolute atomic E-state index is 9.51. The fraction of sp³-hybridized carbons (Fsp3) is 0.684. The van der Waals surface area contributed by atoms with Gasteiger partial charge in [-0.05, 0) is 51.2 Å². The van der Waals surface area contributed by atoms with Crippen LogP contribution in [0.4, 0.5) is 5.82 Å². The first-order chi connectivity index (χ1) is 11.6. The van der Waals surface area contributed by atoms with Gasteiger partial charge in [-0.25, -0.2) is 4.98 Å². The molecule has 0 aromatic carbocycles. The number of fused-ring (bicyclic) bond motifs is 2. The molecule has 0 spiro atoms. The summed E-state index contributed by atoms with van der Waals surface area (Å²) in [6.07, 6.45) is 5.34. The van der Waals surface area contributed by atoms with Gasteiger partial charge in [-0.2, -0.15) is 5.26 Å². The number of hydrogen-bond acceptors (Lipinski definition) is 5. The average molecular weight is 325 g/mol. The fourth-order valence-electron chi connectivity index (χ4n) is 4.81. The second-order valence-corrected chi connectivity index (χ2v) is 7.68. The minimum atomic E-state index is 0.744. The molecule has 5 nitrogen and oxygen atoms in total. The molecule has 0 amide bonds. The lowest BCUT2D eigenvalue weighted by Gasteiger charge is -2.43. The summed E-state index contributed by atoms with van der Waals surface area (Å²) < 4.78 is 0. The van der Waals surface area contributed by atoms with E-state index in [1.807, 2.05) is 19.9 Å². The van der Waals surface area contributed by atoms with Gasteiger partial charge < -0.3 is 10.2 Å². The summed E-state index contributed by atoms with van der Waals surface area (Å²) in [5.41, 5.74) is 2.78. The minimum Gasteiger partial charge on any atom is -0.353 e. The van der Waals surface area contributed by atoms with Gasteiger partial charge in [-0.1, -0.05) is 0 Å². The summed E-state index contributed by atoms with van der Waals surface area (Å²) in [6, 6.07) is 6.60. The van der Waals surface area contributed by atoms with Gasteiger partial charge in [0.05, 0.1) is 5.56 Å². The SMILES string of the molecule is Cc1cc(C)c(C#N)c(N2CCN(C3CC4CCC(C3)N4)CC2)n1. The molecular formula is C19H27N5.